The molecule has 0 aliphatic heterocycles. The van der Waals surface area contributed by atoms with Gasteiger partial charge < -0.3 is 5.32 Å². The van der Waals surface area contributed by atoms with Crippen molar-refractivity contribution in [2.24, 2.45) is 0 Å². The molecular weight excluding hydrogens is 389 g/mol. The minimum atomic E-state index is 0.659. The Labute approximate surface area is 164 Å². The Balaban J connectivity index is 1.34. The third kappa shape index (κ3) is 3.82. The van der Waals surface area contributed by atoms with Gasteiger partial charge in [-0.05, 0) is 48.7 Å². The van der Waals surface area contributed by atoms with E-state index in [0.29, 0.717) is 10.0 Å². The van der Waals surface area contributed by atoms with Crippen molar-refractivity contribution in [2.45, 2.75) is 12.8 Å². The van der Waals surface area contributed by atoms with Crippen molar-refractivity contribution in [3.8, 4) is 10.6 Å². The quantitative estimate of drug-likeness (QED) is 0.421. The minimum absolute atomic E-state index is 0.659. The van der Waals surface area contributed by atoms with Gasteiger partial charge in [-0.1, -0.05) is 40.6 Å². The second kappa shape index (κ2) is 7.61. The molecule has 0 atom stereocenters. The molecule has 0 spiro atoms. The number of aromatic amines is 1. The van der Waals surface area contributed by atoms with Crippen LogP contribution in [0.5, 0.6) is 0 Å². The van der Waals surface area contributed by atoms with Gasteiger partial charge in [0.1, 0.15) is 5.01 Å². The molecule has 4 rings (SSSR count). The highest BCUT2D eigenvalue weighted by Gasteiger charge is 2.08. The van der Waals surface area contributed by atoms with Crippen molar-refractivity contribution >= 4 is 50.6 Å². The Kier molecular flexibility index (Phi) is 5.06. The number of hydrogen-bond donors (Lipinski definition) is 2. The lowest BCUT2D eigenvalue weighted by molar-refractivity contribution is 0.859. The lowest BCUT2D eigenvalue weighted by Gasteiger charge is -2.05. The van der Waals surface area contributed by atoms with Gasteiger partial charge in [-0.2, -0.15) is 5.10 Å². The maximum Gasteiger partial charge on any atom is 0.206 e. The van der Waals surface area contributed by atoms with Gasteiger partial charge in [-0.25, -0.2) is 0 Å². The number of fused-ring (bicyclic) bond motifs is 1. The number of halogens is 2. The number of aryl methyl sites for hydroxylation is 1. The highest BCUT2D eigenvalue weighted by molar-refractivity contribution is 7.18. The molecule has 132 valence electrons. The van der Waals surface area contributed by atoms with Crippen LogP contribution in [-0.4, -0.2) is 26.9 Å². The van der Waals surface area contributed by atoms with Crippen LogP contribution < -0.4 is 5.32 Å². The van der Waals surface area contributed by atoms with Crippen LogP contribution >= 0.6 is 34.5 Å². The summed E-state index contributed by atoms with van der Waals surface area (Å²) in [6.45, 7) is 0.800. The number of H-pyrrole nitrogens is 1. The minimum Gasteiger partial charge on any atom is -0.360 e. The van der Waals surface area contributed by atoms with Crippen LogP contribution in [0.25, 0.3) is 21.5 Å². The summed E-state index contributed by atoms with van der Waals surface area (Å²) >= 11 is 13.7. The van der Waals surface area contributed by atoms with E-state index in [0.717, 1.165) is 51.6 Å². The molecule has 0 unspecified atom stereocenters. The van der Waals surface area contributed by atoms with Crippen LogP contribution in [0.15, 0.2) is 42.6 Å². The molecule has 2 N–H and O–H groups in total. The van der Waals surface area contributed by atoms with Crippen LogP contribution in [0, 0.1) is 0 Å². The van der Waals surface area contributed by atoms with Crippen molar-refractivity contribution in [3.63, 3.8) is 0 Å². The van der Waals surface area contributed by atoms with Crippen molar-refractivity contribution in [2.75, 3.05) is 11.9 Å². The Bertz CT molecular complexity index is 1040. The molecule has 0 saturated heterocycles. The summed E-state index contributed by atoms with van der Waals surface area (Å²) in [5.41, 5.74) is 3.15. The van der Waals surface area contributed by atoms with E-state index in [-0.39, 0.29) is 0 Å². The van der Waals surface area contributed by atoms with Gasteiger partial charge in [-0.15, -0.1) is 10.2 Å². The first kappa shape index (κ1) is 17.3. The monoisotopic (exact) mass is 403 g/mol. The fraction of sp³-hybridized carbons (Fsp3) is 0.167. The second-order valence-corrected chi connectivity index (χ2v) is 7.67. The number of hydrogen-bond acceptors (Lipinski definition) is 5. The van der Waals surface area contributed by atoms with Crippen molar-refractivity contribution in [1.82, 2.24) is 20.4 Å². The Morgan fingerprint density at radius 2 is 2.00 bits per heavy atom. The van der Waals surface area contributed by atoms with E-state index in [1.807, 2.05) is 24.3 Å². The smallest absolute Gasteiger partial charge is 0.206 e. The molecule has 2 aromatic carbocycles. The lowest BCUT2D eigenvalue weighted by atomic mass is 10.1. The van der Waals surface area contributed by atoms with Crippen molar-refractivity contribution in [3.05, 3.63) is 58.2 Å². The molecule has 2 heterocycles. The number of nitrogens with one attached hydrogen (secondary N) is 2. The predicted octanol–water partition coefficient (Wildman–Crippen LogP) is 5.43. The molecule has 8 heteroatoms. The van der Waals surface area contributed by atoms with E-state index in [1.165, 1.54) is 0 Å². The number of rotatable bonds is 6. The van der Waals surface area contributed by atoms with Crippen LogP contribution in [-0.2, 0) is 6.42 Å². The summed E-state index contributed by atoms with van der Waals surface area (Å²) in [4.78, 5) is 0. The number of aromatic nitrogens is 4. The van der Waals surface area contributed by atoms with Crippen LogP contribution in [0.2, 0.25) is 10.0 Å². The van der Waals surface area contributed by atoms with Gasteiger partial charge in [0.05, 0.1) is 11.7 Å². The molecule has 0 aliphatic rings. The molecule has 4 aromatic rings. The zero-order chi connectivity index (χ0) is 17.9. The zero-order valence-electron chi connectivity index (χ0n) is 13.7. The third-order valence-electron chi connectivity index (χ3n) is 4.03. The van der Waals surface area contributed by atoms with Crippen LogP contribution in [0.1, 0.15) is 12.0 Å². The molecule has 0 bridgehead atoms. The average molecular weight is 404 g/mol. The van der Waals surface area contributed by atoms with Gasteiger partial charge in [0.25, 0.3) is 0 Å². The molecule has 5 nitrogen and oxygen atoms in total. The fourth-order valence-electron chi connectivity index (χ4n) is 2.69. The van der Waals surface area contributed by atoms with Gasteiger partial charge in [0, 0.05) is 27.5 Å². The number of nitrogens with zero attached hydrogens (tertiary/aromatic N) is 3. The topological polar surface area (TPSA) is 66.5 Å². The van der Waals surface area contributed by atoms with E-state index in [4.69, 9.17) is 23.2 Å². The normalized spacial score (nSPS) is 11.2. The van der Waals surface area contributed by atoms with Crippen molar-refractivity contribution in [1.29, 1.82) is 0 Å². The summed E-state index contributed by atoms with van der Waals surface area (Å²) in [5, 5.41) is 22.9. The van der Waals surface area contributed by atoms with Crippen LogP contribution in [0.3, 0.4) is 0 Å². The molecular formula is C18H15Cl2N5S. The van der Waals surface area contributed by atoms with E-state index in [9.17, 15) is 0 Å². The van der Waals surface area contributed by atoms with E-state index in [2.05, 4.69) is 31.8 Å². The third-order valence-corrected chi connectivity index (χ3v) is 5.54. The second-order valence-electron chi connectivity index (χ2n) is 5.85. The van der Waals surface area contributed by atoms with E-state index >= 15 is 0 Å². The first-order valence-electron chi connectivity index (χ1n) is 8.14. The summed E-state index contributed by atoms with van der Waals surface area (Å²) in [6, 6.07) is 11.7. The number of benzene rings is 2. The summed E-state index contributed by atoms with van der Waals surface area (Å²) in [6.07, 6.45) is 3.63. The largest absolute Gasteiger partial charge is 0.360 e. The van der Waals surface area contributed by atoms with E-state index in [1.54, 1.807) is 23.6 Å². The lowest BCUT2D eigenvalue weighted by Crippen LogP contribution is -2.02. The Morgan fingerprint density at radius 1 is 1.08 bits per heavy atom. The average Bonchev–Trinajstić information content (AvgIpc) is 3.28. The molecule has 0 radical (unpaired) electrons. The summed E-state index contributed by atoms with van der Waals surface area (Å²) in [5.74, 6) is 0. The molecule has 0 amide bonds. The Hall–Kier alpha value is -2.15. The van der Waals surface area contributed by atoms with Crippen molar-refractivity contribution < 1.29 is 0 Å². The summed E-state index contributed by atoms with van der Waals surface area (Å²) in [7, 11) is 0. The fourth-order valence-corrected chi connectivity index (χ4v) is 3.95. The van der Waals surface area contributed by atoms with E-state index < -0.39 is 0 Å². The van der Waals surface area contributed by atoms with Gasteiger partial charge in [0.15, 0.2) is 0 Å². The Morgan fingerprint density at radius 3 is 2.88 bits per heavy atom. The SMILES string of the molecule is Clc1ccc(CCCNc2nnc(-c3ccc4[nH]ncc4c3)s2)c(Cl)c1. The van der Waals surface area contributed by atoms with Crippen LogP contribution in [0.4, 0.5) is 5.13 Å². The molecule has 0 saturated carbocycles. The van der Waals surface area contributed by atoms with Gasteiger partial charge in [-0.3, -0.25) is 5.10 Å². The maximum absolute atomic E-state index is 6.20. The summed E-state index contributed by atoms with van der Waals surface area (Å²) < 4.78 is 0. The highest BCUT2D eigenvalue weighted by Crippen LogP contribution is 2.28. The van der Waals surface area contributed by atoms with Gasteiger partial charge >= 0.3 is 0 Å². The first-order valence-corrected chi connectivity index (χ1v) is 9.71. The molecule has 2 aromatic heterocycles. The predicted molar refractivity (Wildman–Crippen MR) is 108 cm³/mol. The maximum atomic E-state index is 6.20. The molecule has 0 aliphatic carbocycles. The first-order chi connectivity index (χ1) is 12.7. The molecule has 26 heavy (non-hydrogen) atoms. The molecule has 0 fully saturated rings. The zero-order valence-corrected chi connectivity index (χ0v) is 16.0. The number of anilines is 1. The van der Waals surface area contributed by atoms with Gasteiger partial charge in [0.2, 0.25) is 5.13 Å². The highest BCUT2D eigenvalue weighted by atomic mass is 35.5. The standard InChI is InChI=1S/C18H15Cl2N5S/c19-14-5-3-11(15(20)9-14)2-1-7-21-18-25-24-17(26-18)12-4-6-16-13(8-12)10-22-23-16/h3-6,8-10H,1-2,7H2,(H,21,25)(H,22,23).